The van der Waals surface area contributed by atoms with Crippen molar-refractivity contribution in [2.24, 2.45) is 0 Å². The van der Waals surface area contributed by atoms with Crippen molar-refractivity contribution in [1.29, 1.82) is 0 Å². The molecule has 1 aliphatic rings. The van der Waals surface area contributed by atoms with Crippen LogP contribution in [0.25, 0.3) is 10.8 Å². The second kappa shape index (κ2) is 6.43. The highest BCUT2D eigenvalue weighted by Crippen LogP contribution is 2.32. The lowest BCUT2D eigenvalue weighted by atomic mass is 9.97. The number of hydrogen-bond acceptors (Lipinski definition) is 4. The van der Waals surface area contributed by atoms with Crippen molar-refractivity contribution < 1.29 is 9.53 Å². The fraction of sp³-hybridized carbons (Fsp3) is 0.200. The minimum Gasteiger partial charge on any atom is -0.497 e. The van der Waals surface area contributed by atoms with Crippen LogP contribution in [0.4, 0.5) is 5.69 Å². The molecular formula is C20H19N3O2. The summed E-state index contributed by atoms with van der Waals surface area (Å²) < 4.78 is 5.32. The molecular weight excluding hydrogens is 314 g/mol. The summed E-state index contributed by atoms with van der Waals surface area (Å²) >= 11 is 0. The molecule has 0 aliphatic carbocycles. The molecule has 25 heavy (non-hydrogen) atoms. The highest BCUT2D eigenvalue weighted by Gasteiger charge is 2.19. The lowest BCUT2D eigenvalue weighted by Crippen LogP contribution is -2.24. The van der Waals surface area contributed by atoms with Gasteiger partial charge in [-0.25, -0.2) is 0 Å². The first-order valence-corrected chi connectivity index (χ1v) is 8.31. The second-order valence-electron chi connectivity index (χ2n) is 6.10. The molecule has 5 nitrogen and oxygen atoms in total. The van der Waals surface area contributed by atoms with Crippen LogP contribution in [0.2, 0.25) is 0 Å². The third-order valence-electron chi connectivity index (χ3n) is 4.49. The normalized spacial score (nSPS) is 13.6. The van der Waals surface area contributed by atoms with Gasteiger partial charge in [-0.1, -0.05) is 18.2 Å². The summed E-state index contributed by atoms with van der Waals surface area (Å²) in [5.41, 5.74) is 3.81. The molecule has 2 N–H and O–H groups in total. The van der Waals surface area contributed by atoms with E-state index in [0.717, 1.165) is 39.8 Å². The zero-order chi connectivity index (χ0) is 17.2. The van der Waals surface area contributed by atoms with Gasteiger partial charge in [0.15, 0.2) is 0 Å². The molecule has 126 valence electrons. The van der Waals surface area contributed by atoms with Crippen molar-refractivity contribution in [2.45, 2.75) is 6.42 Å². The topological polar surface area (TPSA) is 63.2 Å². The van der Waals surface area contributed by atoms with E-state index < -0.39 is 0 Å². The van der Waals surface area contributed by atoms with Gasteiger partial charge in [0.25, 0.3) is 5.91 Å². The number of hydrogen-bond donors (Lipinski definition) is 2. The number of rotatable bonds is 3. The number of aromatic nitrogens is 1. The van der Waals surface area contributed by atoms with Crippen molar-refractivity contribution in [3.05, 3.63) is 65.5 Å². The van der Waals surface area contributed by atoms with Crippen LogP contribution in [-0.4, -0.2) is 31.1 Å². The largest absolute Gasteiger partial charge is 0.497 e. The molecule has 0 fully saturated rings. The van der Waals surface area contributed by atoms with Gasteiger partial charge < -0.3 is 15.4 Å². The zero-order valence-corrected chi connectivity index (χ0v) is 14.0. The molecule has 1 aliphatic heterocycles. The lowest BCUT2D eigenvalue weighted by Gasteiger charge is -2.14. The predicted molar refractivity (Wildman–Crippen MR) is 98.4 cm³/mol. The minimum atomic E-state index is -0.0361. The van der Waals surface area contributed by atoms with Gasteiger partial charge in [-0.3, -0.25) is 9.78 Å². The Morgan fingerprint density at radius 2 is 2.00 bits per heavy atom. The van der Waals surface area contributed by atoms with Gasteiger partial charge in [0, 0.05) is 36.3 Å². The summed E-state index contributed by atoms with van der Waals surface area (Å²) in [6, 6.07) is 11.8. The van der Waals surface area contributed by atoms with Crippen LogP contribution in [0, 0.1) is 0 Å². The number of anilines is 1. The third kappa shape index (κ3) is 2.89. The molecule has 0 saturated heterocycles. The number of carbonyl (C=O) groups excluding carboxylic acids is 1. The van der Waals surface area contributed by atoms with Crippen LogP contribution < -0.4 is 15.4 Å². The molecule has 0 bridgehead atoms. The first-order valence-electron chi connectivity index (χ1n) is 8.31. The molecule has 1 aromatic heterocycles. The van der Waals surface area contributed by atoms with E-state index in [1.54, 1.807) is 7.11 Å². The summed E-state index contributed by atoms with van der Waals surface area (Å²) in [5, 5.41) is 8.42. The summed E-state index contributed by atoms with van der Waals surface area (Å²) in [7, 11) is 1.67. The van der Waals surface area contributed by atoms with Crippen LogP contribution in [0.5, 0.6) is 5.75 Å². The van der Waals surface area contributed by atoms with Gasteiger partial charge in [-0.15, -0.1) is 0 Å². The number of nitrogens with zero attached hydrogens (tertiary/aromatic N) is 1. The summed E-state index contributed by atoms with van der Waals surface area (Å²) in [6.45, 7) is 1.32. The molecule has 0 unspecified atom stereocenters. The van der Waals surface area contributed by atoms with Gasteiger partial charge in [0.1, 0.15) is 5.75 Å². The predicted octanol–water partition coefficient (Wildman–Crippen LogP) is 2.99. The molecule has 2 heterocycles. The Bertz CT molecular complexity index is 953. The molecule has 4 rings (SSSR count). The first kappa shape index (κ1) is 15.4. The Morgan fingerprint density at radius 1 is 1.12 bits per heavy atom. The Hall–Kier alpha value is -3.08. The van der Waals surface area contributed by atoms with Crippen molar-refractivity contribution in [1.82, 2.24) is 10.3 Å². The van der Waals surface area contributed by atoms with E-state index in [1.807, 2.05) is 42.7 Å². The number of methoxy groups -OCH3 is 1. The van der Waals surface area contributed by atoms with Crippen LogP contribution in [0.15, 0.2) is 48.8 Å². The van der Waals surface area contributed by atoms with Gasteiger partial charge in [0.2, 0.25) is 0 Å². The van der Waals surface area contributed by atoms with Crippen molar-refractivity contribution in [3.8, 4) is 5.75 Å². The number of pyridine rings is 1. The Kier molecular flexibility index (Phi) is 3.98. The van der Waals surface area contributed by atoms with Crippen LogP contribution in [0.3, 0.4) is 0 Å². The van der Waals surface area contributed by atoms with Crippen LogP contribution in [0.1, 0.15) is 21.5 Å². The molecule has 0 spiro atoms. The number of carbonyl (C=O) groups is 1. The van der Waals surface area contributed by atoms with E-state index in [4.69, 9.17) is 4.74 Å². The van der Waals surface area contributed by atoms with Gasteiger partial charge in [-0.2, -0.15) is 0 Å². The zero-order valence-electron chi connectivity index (χ0n) is 14.0. The first-order chi connectivity index (χ1) is 12.3. The van der Waals surface area contributed by atoms with E-state index in [2.05, 4.69) is 21.7 Å². The molecule has 2 aromatic carbocycles. The number of benzene rings is 2. The van der Waals surface area contributed by atoms with E-state index >= 15 is 0 Å². The van der Waals surface area contributed by atoms with Gasteiger partial charge in [0.05, 0.1) is 18.4 Å². The van der Waals surface area contributed by atoms with E-state index in [1.165, 1.54) is 0 Å². The standard InChI is InChI=1S/C20H19N3O2/c1-25-16-4-2-3-13(10-16)9-15-12-21-11-14-5-6-17-19(18(14)15)22-7-8-23-20(17)24/h2-6,10-12,22H,7-9H2,1H3,(H,23,24). The number of fused-ring (bicyclic) bond motifs is 3. The summed E-state index contributed by atoms with van der Waals surface area (Å²) in [5.74, 6) is 0.799. The lowest BCUT2D eigenvalue weighted by molar-refractivity contribution is 0.0958. The van der Waals surface area contributed by atoms with Gasteiger partial charge >= 0.3 is 0 Å². The van der Waals surface area contributed by atoms with Crippen LogP contribution >= 0.6 is 0 Å². The minimum absolute atomic E-state index is 0.0361. The average Bonchev–Trinajstić information content (AvgIpc) is 2.83. The maximum atomic E-state index is 12.3. The third-order valence-corrected chi connectivity index (χ3v) is 4.49. The number of ether oxygens (including phenoxy) is 1. The van der Waals surface area contributed by atoms with Crippen LogP contribution in [-0.2, 0) is 6.42 Å². The SMILES string of the molecule is COc1cccc(Cc2cncc3ccc4c(c23)NCCNC4=O)c1. The maximum Gasteiger partial charge on any atom is 0.253 e. The Morgan fingerprint density at radius 3 is 2.88 bits per heavy atom. The molecule has 0 radical (unpaired) electrons. The molecule has 0 saturated carbocycles. The van der Waals surface area contributed by atoms with E-state index in [0.29, 0.717) is 18.7 Å². The highest BCUT2D eigenvalue weighted by atomic mass is 16.5. The number of nitrogens with one attached hydrogen (secondary N) is 2. The summed E-state index contributed by atoms with van der Waals surface area (Å²) in [6.07, 6.45) is 4.45. The summed E-state index contributed by atoms with van der Waals surface area (Å²) in [4.78, 5) is 16.7. The Labute approximate surface area is 146 Å². The van der Waals surface area contributed by atoms with E-state index in [-0.39, 0.29) is 5.91 Å². The monoisotopic (exact) mass is 333 g/mol. The maximum absolute atomic E-state index is 12.3. The van der Waals surface area contributed by atoms with Gasteiger partial charge in [-0.05, 0) is 35.7 Å². The molecule has 3 aromatic rings. The number of amides is 1. The fourth-order valence-corrected chi connectivity index (χ4v) is 3.31. The van der Waals surface area contributed by atoms with E-state index in [9.17, 15) is 4.79 Å². The molecule has 5 heteroatoms. The fourth-order valence-electron chi connectivity index (χ4n) is 3.31. The smallest absolute Gasteiger partial charge is 0.253 e. The average molecular weight is 333 g/mol. The second-order valence-corrected chi connectivity index (χ2v) is 6.10. The quantitative estimate of drug-likeness (QED) is 0.773. The molecule has 0 atom stereocenters. The van der Waals surface area contributed by atoms with Crippen molar-refractivity contribution in [2.75, 3.05) is 25.5 Å². The Balaban J connectivity index is 1.86. The molecule has 1 amide bonds. The highest BCUT2D eigenvalue weighted by molar-refractivity contribution is 6.09. The van der Waals surface area contributed by atoms with Crippen molar-refractivity contribution in [3.63, 3.8) is 0 Å². The van der Waals surface area contributed by atoms with Crippen molar-refractivity contribution >= 4 is 22.4 Å².